The molecule has 0 aliphatic carbocycles. The summed E-state index contributed by atoms with van der Waals surface area (Å²) in [5, 5.41) is 22.4. The van der Waals surface area contributed by atoms with Crippen molar-refractivity contribution >= 4 is 17.3 Å². The van der Waals surface area contributed by atoms with E-state index >= 15 is 0 Å². The van der Waals surface area contributed by atoms with Gasteiger partial charge in [-0.05, 0) is 6.92 Å². The zero-order valence-corrected chi connectivity index (χ0v) is 11.2. The van der Waals surface area contributed by atoms with Crippen molar-refractivity contribution in [1.29, 1.82) is 0 Å². The predicted octanol–water partition coefficient (Wildman–Crippen LogP) is 1.78. The third-order valence-corrected chi connectivity index (χ3v) is 2.43. The second-order valence-corrected chi connectivity index (χ2v) is 4.12. The molecule has 0 atom stereocenters. The van der Waals surface area contributed by atoms with E-state index in [0.29, 0.717) is 6.54 Å². The summed E-state index contributed by atoms with van der Waals surface area (Å²) in [5.74, 6) is -0.113. The lowest BCUT2D eigenvalue weighted by Gasteiger charge is -2.24. The average molecular weight is 308 g/mol. The van der Waals surface area contributed by atoms with E-state index in [1.54, 1.807) is 6.92 Å². The number of anilines is 2. The van der Waals surface area contributed by atoms with Crippen molar-refractivity contribution in [2.45, 2.75) is 13.1 Å². The van der Waals surface area contributed by atoms with Crippen LogP contribution in [0.3, 0.4) is 0 Å². The second kappa shape index (κ2) is 7.07. The fourth-order valence-corrected chi connectivity index (χ4v) is 1.65. The summed E-state index contributed by atoms with van der Waals surface area (Å²) in [4.78, 5) is 14.8. The predicted molar refractivity (Wildman–Crippen MR) is 70.4 cm³/mol. The van der Waals surface area contributed by atoms with E-state index in [1.807, 2.05) is 0 Å². The molecule has 1 rings (SSSR count). The van der Waals surface area contributed by atoms with E-state index in [9.17, 15) is 23.3 Å². The van der Waals surface area contributed by atoms with Crippen LogP contribution >= 0.6 is 0 Å². The van der Waals surface area contributed by atoms with E-state index < -0.39 is 24.3 Å². The molecule has 0 unspecified atom stereocenters. The van der Waals surface area contributed by atoms with Crippen molar-refractivity contribution in [2.24, 2.45) is 0 Å². The first-order valence-corrected chi connectivity index (χ1v) is 6.09. The van der Waals surface area contributed by atoms with Gasteiger partial charge in [0.1, 0.15) is 18.2 Å². The summed E-state index contributed by atoms with van der Waals surface area (Å²) < 4.78 is 37.6. The van der Waals surface area contributed by atoms with Crippen LogP contribution in [0.1, 0.15) is 6.92 Å². The van der Waals surface area contributed by atoms with Gasteiger partial charge in [-0.25, -0.2) is 4.98 Å². The van der Waals surface area contributed by atoms with Crippen LogP contribution in [0.25, 0.3) is 0 Å². The monoisotopic (exact) mass is 308 g/mol. The van der Waals surface area contributed by atoms with Gasteiger partial charge in [-0.2, -0.15) is 13.2 Å². The number of aromatic nitrogens is 1. The van der Waals surface area contributed by atoms with Gasteiger partial charge < -0.3 is 15.3 Å². The number of aliphatic hydroxyl groups excluding tert-OH is 1. The highest BCUT2D eigenvalue weighted by Gasteiger charge is 2.32. The Morgan fingerprint density at radius 2 is 2.14 bits per heavy atom. The normalized spacial score (nSPS) is 11.3. The van der Waals surface area contributed by atoms with Gasteiger partial charge in [0.15, 0.2) is 0 Å². The number of pyridine rings is 1. The Morgan fingerprint density at radius 3 is 2.62 bits per heavy atom. The minimum absolute atomic E-state index is 0.104. The number of halogens is 3. The zero-order valence-electron chi connectivity index (χ0n) is 11.2. The van der Waals surface area contributed by atoms with E-state index in [-0.39, 0.29) is 23.9 Å². The molecule has 2 N–H and O–H groups in total. The molecule has 0 saturated heterocycles. The highest BCUT2D eigenvalue weighted by atomic mass is 19.4. The first-order valence-electron chi connectivity index (χ1n) is 6.09. The molecule has 0 aromatic carbocycles. The topological polar surface area (TPSA) is 91.5 Å². The number of hydrogen-bond donors (Lipinski definition) is 2. The fourth-order valence-electron chi connectivity index (χ4n) is 1.65. The fraction of sp³-hybridized carbons (Fsp3) is 0.545. The first kappa shape index (κ1) is 17.0. The maximum absolute atomic E-state index is 12.5. The van der Waals surface area contributed by atoms with Crippen LogP contribution in [0.4, 0.5) is 30.5 Å². The summed E-state index contributed by atoms with van der Waals surface area (Å²) in [6.45, 7) is -0.0855. The molecule has 0 bridgehead atoms. The lowest BCUT2D eigenvalue weighted by Crippen LogP contribution is -2.37. The maximum atomic E-state index is 12.5. The molecular formula is C11H15F3N4O3. The standard InChI is InChI=1S/C11H15F3N4O3/c1-2-15-9-5-8(18(20)21)6-10(16-9)17(3-4-19)7-11(12,13)14/h5-6,19H,2-4,7H2,1H3,(H,15,16). The SMILES string of the molecule is CCNc1cc([N+](=O)[O-])cc(N(CCO)CC(F)(F)F)n1. The number of hydrogen-bond acceptors (Lipinski definition) is 6. The molecule has 0 fully saturated rings. The number of nitro groups is 1. The first-order chi connectivity index (χ1) is 9.76. The summed E-state index contributed by atoms with van der Waals surface area (Å²) >= 11 is 0. The third kappa shape index (κ3) is 5.42. The van der Waals surface area contributed by atoms with Gasteiger partial charge in [0, 0.05) is 13.1 Å². The van der Waals surface area contributed by atoms with Gasteiger partial charge in [-0.3, -0.25) is 10.1 Å². The smallest absolute Gasteiger partial charge is 0.395 e. The lowest BCUT2D eigenvalue weighted by atomic mass is 10.3. The molecule has 0 saturated carbocycles. The Morgan fingerprint density at radius 1 is 1.48 bits per heavy atom. The van der Waals surface area contributed by atoms with Crippen LogP contribution < -0.4 is 10.2 Å². The molecule has 0 aliphatic rings. The molecule has 1 aromatic heterocycles. The Labute approximate surface area is 118 Å². The Kier molecular flexibility index (Phi) is 5.70. The summed E-state index contributed by atoms with van der Waals surface area (Å²) in [7, 11) is 0. The third-order valence-electron chi connectivity index (χ3n) is 2.43. The van der Waals surface area contributed by atoms with Crippen molar-refractivity contribution in [3.8, 4) is 0 Å². The molecule has 0 spiro atoms. The second-order valence-electron chi connectivity index (χ2n) is 4.12. The van der Waals surface area contributed by atoms with Gasteiger partial charge in [-0.15, -0.1) is 0 Å². The van der Waals surface area contributed by atoms with Crippen LogP contribution in [-0.2, 0) is 0 Å². The number of alkyl halides is 3. The van der Waals surface area contributed by atoms with Crippen molar-refractivity contribution in [2.75, 3.05) is 36.5 Å². The molecular weight excluding hydrogens is 293 g/mol. The maximum Gasteiger partial charge on any atom is 0.405 e. The molecule has 0 aliphatic heterocycles. The van der Waals surface area contributed by atoms with E-state index in [1.165, 1.54) is 0 Å². The molecule has 118 valence electrons. The van der Waals surface area contributed by atoms with Gasteiger partial charge in [0.2, 0.25) is 0 Å². The molecule has 10 heteroatoms. The zero-order chi connectivity index (χ0) is 16.0. The number of nitrogens with zero attached hydrogens (tertiary/aromatic N) is 3. The Hall–Kier alpha value is -2.10. The van der Waals surface area contributed by atoms with Crippen molar-refractivity contribution in [3.05, 3.63) is 22.2 Å². The molecule has 0 radical (unpaired) electrons. The average Bonchev–Trinajstić information content (AvgIpc) is 2.36. The van der Waals surface area contributed by atoms with Gasteiger partial charge in [-0.1, -0.05) is 0 Å². The molecule has 1 aromatic rings. The van der Waals surface area contributed by atoms with Crippen molar-refractivity contribution in [1.82, 2.24) is 4.98 Å². The highest BCUT2D eigenvalue weighted by molar-refractivity contribution is 5.56. The lowest BCUT2D eigenvalue weighted by molar-refractivity contribution is -0.384. The number of rotatable bonds is 7. The van der Waals surface area contributed by atoms with Gasteiger partial charge in [0.25, 0.3) is 5.69 Å². The largest absolute Gasteiger partial charge is 0.405 e. The molecule has 1 heterocycles. The number of nitrogens with one attached hydrogen (secondary N) is 1. The van der Waals surface area contributed by atoms with Crippen molar-refractivity contribution < 1.29 is 23.2 Å². The van der Waals surface area contributed by atoms with Crippen LogP contribution in [0, 0.1) is 10.1 Å². The minimum Gasteiger partial charge on any atom is -0.395 e. The van der Waals surface area contributed by atoms with Gasteiger partial charge >= 0.3 is 6.18 Å². The quantitative estimate of drug-likeness (QED) is 0.589. The van der Waals surface area contributed by atoms with Crippen LogP contribution in [0.5, 0.6) is 0 Å². The Balaban J connectivity index is 3.18. The van der Waals surface area contributed by atoms with Crippen LogP contribution in [-0.4, -0.2) is 47.4 Å². The van der Waals surface area contributed by atoms with Gasteiger partial charge in [0.05, 0.1) is 23.7 Å². The summed E-state index contributed by atoms with van der Waals surface area (Å²) in [6, 6.07) is 2.08. The molecule has 21 heavy (non-hydrogen) atoms. The number of aliphatic hydroxyl groups is 1. The highest BCUT2D eigenvalue weighted by Crippen LogP contribution is 2.26. The minimum atomic E-state index is -4.51. The van der Waals surface area contributed by atoms with E-state index in [2.05, 4.69) is 10.3 Å². The van der Waals surface area contributed by atoms with Crippen molar-refractivity contribution in [3.63, 3.8) is 0 Å². The molecule has 7 nitrogen and oxygen atoms in total. The Bertz CT molecular complexity index is 496. The van der Waals surface area contributed by atoms with E-state index in [0.717, 1.165) is 17.0 Å². The van der Waals surface area contributed by atoms with E-state index in [4.69, 9.17) is 5.11 Å². The molecule has 0 amide bonds. The summed E-state index contributed by atoms with van der Waals surface area (Å²) in [5.41, 5.74) is -0.374. The van der Waals surface area contributed by atoms with Crippen LogP contribution in [0.2, 0.25) is 0 Å². The van der Waals surface area contributed by atoms with Crippen LogP contribution in [0.15, 0.2) is 12.1 Å². The summed E-state index contributed by atoms with van der Waals surface area (Å²) in [6.07, 6.45) is -4.51.